The molecule has 1 saturated heterocycles. The standard InChI is InChI=1S/C13H28N2O2/c1-5-13(4,17)11-15-8-6-14(7-9-15)10-12(2,3)16/h16-17H,5-11H2,1-4H3. The third kappa shape index (κ3) is 5.82. The third-order valence-electron chi connectivity index (χ3n) is 3.40. The maximum Gasteiger partial charge on any atom is 0.0743 e. The highest BCUT2D eigenvalue weighted by molar-refractivity contribution is 4.82. The molecule has 1 fully saturated rings. The van der Waals surface area contributed by atoms with E-state index < -0.39 is 11.2 Å². The van der Waals surface area contributed by atoms with Gasteiger partial charge in [0.15, 0.2) is 0 Å². The van der Waals surface area contributed by atoms with Crippen LogP contribution in [0.1, 0.15) is 34.1 Å². The highest BCUT2D eigenvalue weighted by Gasteiger charge is 2.26. The van der Waals surface area contributed by atoms with Crippen LogP contribution in [0.4, 0.5) is 0 Å². The van der Waals surface area contributed by atoms with E-state index in [9.17, 15) is 10.2 Å². The lowest BCUT2D eigenvalue weighted by molar-refractivity contribution is -0.0152. The van der Waals surface area contributed by atoms with Gasteiger partial charge < -0.3 is 10.2 Å². The second-order valence-electron chi connectivity index (χ2n) is 6.22. The van der Waals surface area contributed by atoms with Crippen LogP contribution in [0.2, 0.25) is 0 Å². The lowest BCUT2D eigenvalue weighted by atomic mass is 10.0. The first-order chi connectivity index (χ1) is 7.72. The first-order valence-electron chi connectivity index (χ1n) is 6.61. The Morgan fingerprint density at radius 3 is 1.65 bits per heavy atom. The zero-order valence-electron chi connectivity index (χ0n) is 11.7. The van der Waals surface area contributed by atoms with Crippen molar-refractivity contribution in [1.82, 2.24) is 9.80 Å². The second-order valence-corrected chi connectivity index (χ2v) is 6.22. The Bertz CT molecular complexity index is 228. The monoisotopic (exact) mass is 244 g/mol. The van der Waals surface area contributed by atoms with Gasteiger partial charge in [0.25, 0.3) is 0 Å². The number of aliphatic hydroxyl groups is 2. The van der Waals surface area contributed by atoms with Gasteiger partial charge in [0.05, 0.1) is 11.2 Å². The van der Waals surface area contributed by atoms with Crippen LogP contribution in [-0.2, 0) is 0 Å². The maximum absolute atomic E-state index is 10.0. The Balaban J connectivity index is 2.31. The third-order valence-corrected chi connectivity index (χ3v) is 3.40. The van der Waals surface area contributed by atoms with E-state index in [1.807, 2.05) is 27.7 Å². The van der Waals surface area contributed by atoms with Crippen LogP contribution in [0.5, 0.6) is 0 Å². The summed E-state index contributed by atoms with van der Waals surface area (Å²) in [7, 11) is 0. The number of β-amino-alcohol motifs (C(OH)–C–C–N with tert-alkyl or cyclic N) is 2. The minimum Gasteiger partial charge on any atom is -0.389 e. The summed E-state index contributed by atoms with van der Waals surface area (Å²) in [6.45, 7) is 13.0. The van der Waals surface area contributed by atoms with Crippen LogP contribution in [0, 0.1) is 0 Å². The molecule has 0 aliphatic carbocycles. The Kier molecular flexibility index (Phi) is 4.95. The van der Waals surface area contributed by atoms with Crippen molar-refractivity contribution in [3.8, 4) is 0 Å². The molecule has 1 aliphatic heterocycles. The molecule has 0 aromatic rings. The van der Waals surface area contributed by atoms with E-state index in [1.54, 1.807) is 0 Å². The molecule has 102 valence electrons. The van der Waals surface area contributed by atoms with Gasteiger partial charge in [0.2, 0.25) is 0 Å². The molecule has 1 heterocycles. The molecule has 4 heteroatoms. The summed E-state index contributed by atoms with van der Waals surface area (Å²) in [5, 5.41) is 19.8. The highest BCUT2D eigenvalue weighted by atomic mass is 16.3. The van der Waals surface area contributed by atoms with E-state index >= 15 is 0 Å². The van der Waals surface area contributed by atoms with Crippen LogP contribution in [0.3, 0.4) is 0 Å². The molecule has 0 aromatic carbocycles. The van der Waals surface area contributed by atoms with Gasteiger partial charge in [-0.1, -0.05) is 6.92 Å². The first-order valence-corrected chi connectivity index (χ1v) is 6.61. The van der Waals surface area contributed by atoms with Crippen molar-refractivity contribution in [3.05, 3.63) is 0 Å². The second kappa shape index (κ2) is 5.65. The number of hydrogen-bond donors (Lipinski definition) is 2. The van der Waals surface area contributed by atoms with Gasteiger partial charge in [-0.3, -0.25) is 9.80 Å². The zero-order chi connectivity index (χ0) is 13.1. The van der Waals surface area contributed by atoms with E-state index in [-0.39, 0.29) is 0 Å². The van der Waals surface area contributed by atoms with Crippen LogP contribution in [-0.4, -0.2) is 70.5 Å². The van der Waals surface area contributed by atoms with Gasteiger partial charge in [-0.25, -0.2) is 0 Å². The van der Waals surface area contributed by atoms with Crippen LogP contribution < -0.4 is 0 Å². The molecule has 0 radical (unpaired) electrons. The van der Waals surface area contributed by atoms with Crippen molar-refractivity contribution < 1.29 is 10.2 Å². The molecule has 0 aromatic heterocycles. The maximum atomic E-state index is 10.0. The molecule has 4 nitrogen and oxygen atoms in total. The van der Waals surface area contributed by atoms with Crippen LogP contribution >= 0.6 is 0 Å². The van der Waals surface area contributed by atoms with Gasteiger partial charge in [0, 0.05) is 39.3 Å². The zero-order valence-corrected chi connectivity index (χ0v) is 11.7. The fourth-order valence-corrected chi connectivity index (χ4v) is 2.25. The number of nitrogens with zero attached hydrogens (tertiary/aromatic N) is 2. The summed E-state index contributed by atoms with van der Waals surface area (Å²) in [5.41, 5.74) is -1.19. The molecule has 0 amide bonds. The fourth-order valence-electron chi connectivity index (χ4n) is 2.25. The molecule has 17 heavy (non-hydrogen) atoms. The average molecular weight is 244 g/mol. The fraction of sp³-hybridized carbons (Fsp3) is 1.00. The Morgan fingerprint density at radius 2 is 1.29 bits per heavy atom. The molecule has 1 aliphatic rings. The Labute approximate surface area is 105 Å². The van der Waals surface area contributed by atoms with Crippen molar-refractivity contribution in [2.45, 2.75) is 45.3 Å². The summed E-state index contributed by atoms with van der Waals surface area (Å²) < 4.78 is 0. The normalized spacial score (nSPS) is 23.6. The van der Waals surface area contributed by atoms with Gasteiger partial charge >= 0.3 is 0 Å². The predicted octanol–water partition coefficient (Wildman–Crippen LogP) is 0.536. The minimum atomic E-state index is -0.614. The number of rotatable bonds is 5. The lowest BCUT2D eigenvalue weighted by Crippen LogP contribution is -2.53. The van der Waals surface area contributed by atoms with E-state index in [1.165, 1.54) is 0 Å². The molecule has 0 spiro atoms. The SMILES string of the molecule is CCC(C)(O)CN1CCN(CC(C)(C)O)CC1. The predicted molar refractivity (Wildman–Crippen MR) is 70.1 cm³/mol. The molecular weight excluding hydrogens is 216 g/mol. The molecule has 1 unspecified atom stereocenters. The van der Waals surface area contributed by atoms with Crippen LogP contribution in [0.25, 0.3) is 0 Å². The van der Waals surface area contributed by atoms with Gasteiger partial charge in [-0.05, 0) is 27.2 Å². The lowest BCUT2D eigenvalue weighted by Gasteiger charge is -2.39. The first kappa shape index (κ1) is 14.9. The van der Waals surface area contributed by atoms with E-state index in [2.05, 4.69) is 9.80 Å². The van der Waals surface area contributed by atoms with Gasteiger partial charge in [0.1, 0.15) is 0 Å². The average Bonchev–Trinajstić information content (AvgIpc) is 2.19. The van der Waals surface area contributed by atoms with Crippen molar-refractivity contribution in [2.24, 2.45) is 0 Å². The van der Waals surface area contributed by atoms with E-state index in [0.29, 0.717) is 0 Å². The van der Waals surface area contributed by atoms with Crippen LogP contribution in [0.15, 0.2) is 0 Å². The number of piperazine rings is 1. The Hall–Kier alpha value is -0.160. The van der Waals surface area contributed by atoms with Crippen molar-refractivity contribution in [2.75, 3.05) is 39.3 Å². The van der Waals surface area contributed by atoms with E-state index in [0.717, 1.165) is 45.7 Å². The summed E-state index contributed by atoms with van der Waals surface area (Å²) in [5.74, 6) is 0. The molecule has 0 saturated carbocycles. The van der Waals surface area contributed by atoms with Gasteiger partial charge in [-0.15, -0.1) is 0 Å². The smallest absolute Gasteiger partial charge is 0.0743 e. The molecule has 1 atom stereocenters. The summed E-state index contributed by atoms with van der Waals surface area (Å²) in [6.07, 6.45) is 0.789. The number of hydrogen-bond acceptors (Lipinski definition) is 4. The summed E-state index contributed by atoms with van der Waals surface area (Å²) >= 11 is 0. The Morgan fingerprint density at radius 1 is 0.882 bits per heavy atom. The largest absolute Gasteiger partial charge is 0.389 e. The van der Waals surface area contributed by atoms with Crippen molar-refractivity contribution in [1.29, 1.82) is 0 Å². The summed E-state index contributed by atoms with van der Waals surface area (Å²) in [6, 6.07) is 0. The van der Waals surface area contributed by atoms with E-state index in [4.69, 9.17) is 0 Å². The highest BCUT2D eigenvalue weighted by Crippen LogP contribution is 2.14. The molecule has 1 rings (SSSR count). The summed E-state index contributed by atoms with van der Waals surface area (Å²) in [4.78, 5) is 4.60. The molecule has 0 bridgehead atoms. The quantitative estimate of drug-likeness (QED) is 0.741. The van der Waals surface area contributed by atoms with Gasteiger partial charge in [-0.2, -0.15) is 0 Å². The molecular formula is C13H28N2O2. The van der Waals surface area contributed by atoms with Crippen molar-refractivity contribution >= 4 is 0 Å². The van der Waals surface area contributed by atoms with Crippen molar-refractivity contribution in [3.63, 3.8) is 0 Å². The molecule has 2 N–H and O–H groups in total. The topological polar surface area (TPSA) is 46.9 Å². The minimum absolute atomic E-state index is 0.571.